The lowest BCUT2D eigenvalue weighted by molar-refractivity contribution is -0.138. The van der Waals surface area contributed by atoms with E-state index < -0.39 is 5.97 Å². The Hall–Kier alpha value is 0.0500. The zero-order valence-corrected chi connectivity index (χ0v) is 8.61. The van der Waals surface area contributed by atoms with Gasteiger partial charge >= 0.3 is 5.97 Å². The number of carboxylic acids is 1. The molecule has 1 N–H and O–H groups in total. The van der Waals surface area contributed by atoms with Gasteiger partial charge < -0.3 is 5.11 Å². The molecule has 0 saturated heterocycles. The van der Waals surface area contributed by atoms with Crippen LogP contribution in [0.2, 0.25) is 0 Å². The van der Waals surface area contributed by atoms with Crippen molar-refractivity contribution in [2.24, 2.45) is 5.92 Å². The molecule has 0 spiro atoms. The lowest BCUT2D eigenvalue weighted by atomic mass is 9.97. The maximum Gasteiger partial charge on any atom is 0.303 e. The Bertz CT molecular complexity index is 139. The van der Waals surface area contributed by atoms with Crippen molar-refractivity contribution in [1.82, 2.24) is 0 Å². The molecular formula is C8H14Cl2O2. The maximum absolute atomic E-state index is 10.4. The van der Waals surface area contributed by atoms with E-state index in [1.165, 1.54) is 0 Å². The Morgan fingerprint density at radius 1 is 1.58 bits per heavy atom. The smallest absolute Gasteiger partial charge is 0.303 e. The zero-order valence-electron chi connectivity index (χ0n) is 7.09. The van der Waals surface area contributed by atoms with Crippen molar-refractivity contribution in [2.75, 3.05) is 5.88 Å². The van der Waals surface area contributed by atoms with Gasteiger partial charge in [0.1, 0.15) is 0 Å². The normalized spacial score (nSPS) is 15.6. The fourth-order valence-corrected chi connectivity index (χ4v) is 1.82. The number of aliphatic carboxylic acids is 1. The highest BCUT2D eigenvalue weighted by molar-refractivity contribution is 6.22. The van der Waals surface area contributed by atoms with Crippen molar-refractivity contribution in [3.8, 4) is 0 Å². The standard InChI is InChI=1S/C8H14Cl2O2/c1-2-6(5-8(11)12)7(10)3-4-9/h6-7H,2-5H2,1H3,(H,11,12). The molecule has 0 aliphatic rings. The van der Waals surface area contributed by atoms with Crippen molar-refractivity contribution >= 4 is 29.2 Å². The van der Waals surface area contributed by atoms with Gasteiger partial charge in [-0.25, -0.2) is 0 Å². The Kier molecular flexibility index (Phi) is 6.58. The van der Waals surface area contributed by atoms with E-state index in [4.69, 9.17) is 28.3 Å². The molecule has 0 saturated carbocycles. The van der Waals surface area contributed by atoms with Gasteiger partial charge in [-0.3, -0.25) is 4.79 Å². The van der Waals surface area contributed by atoms with Gasteiger partial charge in [-0.1, -0.05) is 13.3 Å². The minimum atomic E-state index is -0.790. The summed E-state index contributed by atoms with van der Waals surface area (Å²) in [6.45, 7) is 1.94. The third-order valence-electron chi connectivity index (χ3n) is 1.86. The summed E-state index contributed by atoms with van der Waals surface area (Å²) in [6, 6.07) is 0. The van der Waals surface area contributed by atoms with E-state index in [1.807, 2.05) is 6.92 Å². The number of alkyl halides is 2. The lowest BCUT2D eigenvalue weighted by Gasteiger charge is -2.17. The summed E-state index contributed by atoms with van der Waals surface area (Å²) in [5.41, 5.74) is 0. The van der Waals surface area contributed by atoms with Gasteiger partial charge in [0.25, 0.3) is 0 Å². The Balaban J connectivity index is 3.86. The molecule has 0 fully saturated rings. The highest BCUT2D eigenvalue weighted by Crippen LogP contribution is 2.21. The summed E-state index contributed by atoms with van der Waals surface area (Å²) in [7, 11) is 0. The molecule has 2 atom stereocenters. The van der Waals surface area contributed by atoms with Crippen molar-refractivity contribution in [3.63, 3.8) is 0 Å². The van der Waals surface area contributed by atoms with E-state index in [0.717, 1.165) is 6.42 Å². The monoisotopic (exact) mass is 212 g/mol. The van der Waals surface area contributed by atoms with Crippen molar-refractivity contribution in [2.45, 2.75) is 31.6 Å². The van der Waals surface area contributed by atoms with Gasteiger partial charge in [0.2, 0.25) is 0 Å². The minimum absolute atomic E-state index is 0.0444. The molecule has 0 heterocycles. The fourth-order valence-electron chi connectivity index (χ4n) is 1.09. The second-order valence-electron chi connectivity index (χ2n) is 2.76. The van der Waals surface area contributed by atoms with Gasteiger partial charge in [-0.05, 0) is 12.3 Å². The van der Waals surface area contributed by atoms with Crippen LogP contribution in [0.5, 0.6) is 0 Å². The first kappa shape index (κ1) is 12.0. The molecule has 0 aromatic carbocycles. The first-order valence-electron chi connectivity index (χ1n) is 4.03. The van der Waals surface area contributed by atoms with E-state index in [0.29, 0.717) is 12.3 Å². The fraction of sp³-hybridized carbons (Fsp3) is 0.875. The van der Waals surface area contributed by atoms with Crippen LogP contribution in [0.1, 0.15) is 26.2 Å². The van der Waals surface area contributed by atoms with Crippen molar-refractivity contribution in [1.29, 1.82) is 0 Å². The topological polar surface area (TPSA) is 37.3 Å². The molecule has 0 bridgehead atoms. The molecule has 0 rings (SSSR count). The van der Waals surface area contributed by atoms with E-state index >= 15 is 0 Å². The summed E-state index contributed by atoms with van der Waals surface area (Å²) in [5, 5.41) is 8.43. The SMILES string of the molecule is CCC(CC(=O)O)C(Cl)CCCl. The van der Waals surface area contributed by atoms with Crippen LogP contribution in [0.3, 0.4) is 0 Å². The number of rotatable bonds is 6. The summed E-state index contributed by atoms with van der Waals surface area (Å²) >= 11 is 11.4. The summed E-state index contributed by atoms with van der Waals surface area (Å²) in [5.74, 6) is -0.255. The predicted molar refractivity (Wildman–Crippen MR) is 51.0 cm³/mol. The molecule has 0 aromatic heterocycles. The van der Waals surface area contributed by atoms with Crippen molar-refractivity contribution < 1.29 is 9.90 Å². The number of halogens is 2. The van der Waals surface area contributed by atoms with Gasteiger partial charge in [-0.2, -0.15) is 0 Å². The number of carboxylic acid groups (broad SMARTS) is 1. The number of carbonyl (C=O) groups is 1. The first-order chi connectivity index (χ1) is 5.61. The van der Waals surface area contributed by atoms with Crippen molar-refractivity contribution in [3.05, 3.63) is 0 Å². The highest BCUT2D eigenvalue weighted by atomic mass is 35.5. The van der Waals surface area contributed by atoms with Crippen LogP contribution < -0.4 is 0 Å². The van der Waals surface area contributed by atoms with E-state index in [1.54, 1.807) is 0 Å². The van der Waals surface area contributed by atoms with E-state index in [-0.39, 0.29) is 17.7 Å². The number of hydrogen-bond donors (Lipinski definition) is 1. The van der Waals surface area contributed by atoms with Crippen LogP contribution in [-0.4, -0.2) is 22.3 Å². The molecule has 0 aliphatic carbocycles. The van der Waals surface area contributed by atoms with Crippen LogP contribution >= 0.6 is 23.2 Å². The summed E-state index contributed by atoms with van der Waals surface area (Å²) < 4.78 is 0. The van der Waals surface area contributed by atoms with E-state index in [9.17, 15) is 4.79 Å². The molecule has 0 aromatic rings. The van der Waals surface area contributed by atoms with Crippen LogP contribution in [-0.2, 0) is 4.79 Å². The Labute approximate surface area is 82.9 Å². The first-order valence-corrected chi connectivity index (χ1v) is 5.00. The van der Waals surface area contributed by atoms with Gasteiger partial charge in [-0.15, -0.1) is 23.2 Å². The van der Waals surface area contributed by atoms with Gasteiger partial charge in [0.05, 0.1) is 0 Å². The van der Waals surface area contributed by atoms with Gasteiger partial charge in [0, 0.05) is 17.7 Å². The molecule has 4 heteroatoms. The quantitative estimate of drug-likeness (QED) is 0.688. The summed E-state index contributed by atoms with van der Waals surface area (Å²) in [6.07, 6.45) is 1.60. The average molecular weight is 213 g/mol. The lowest BCUT2D eigenvalue weighted by Crippen LogP contribution is -2.18. The van der Waals surface area contributed by atoms with Crippen LogP contribution in [0.15, 0.2) is 0 Å². The molecule has 12 heavy (non-hydrogen) atoms. The van der Waals surface area contributed by atoms with Gasteiger partial charge in [0.15, 0.2) is 0 Å². The van der Waals surface area contributed by atoms with Crippen LogP contribution in [0.4, 0.5) is 0 Å². The highest BCUT2D eigenvalue weighted by Gasteiger charge is 2.19. The van der Waals surface area contributed by atoms with Crippen LogP contribution in [0, 0.1) is 5.92 Å². The largest absolute Gasteiger partial charge is 0.481 e. The third-order valence-corrected chi connectivity index (χ3v) is 2.65. The van der Waals surface area contributed by atoms with E-state index in [2.05, 4.69) is 0 Å². The molecule has 0 aliphatic heterocycles. The minimum Gasteiger partial charge on any atom is -0.481 e. The maximum atomic E-state index is 10.4. The molecule has 2 unspecified atom stereocenters. The molecule has 72 valence electrons. The molecule has 2 nitrogen and oxygen atoms in total. The summed E-state index contributed by atoms with van der Waals surface area (Å²) in [4.78, 5) is 10.4. The Morgan fingerprint density at radius 2 is 2.17 bits per heavy atom. The number of hydrogen-bond acceptors (Lipinski definition) is 1. The molecule has 0 radical (unpaired) electrons. The van der Waals surface area contributed by atoms with Crippen LogP contribution in [0.25, 0.3) is 0 Å². The average Bonchev–Trinajstić information content (AvgIpc) is 2.00. The molecule has 0 amide bonds. The Morgan fingerprint density at radius 3 is 2.50 bits per heavy atom. The second kappa shape index (κ2) is 6.55. The second-order valence-corrected chi connectivity index (χ2v) is 3.70. The molecular weight excluding hydrogens is 199 g/mol. The predicted octanol–water partition coefficient (Wildman–Crippen LogP) is 2.72. The third kappa shape index (κ3) is 4.83. The zero-order chi connectivity index (χ0) is 9.56.